The van der Waals surface area contributed by atoms with Gasteiger partial charge in [0.25, 0.3) is 0 Å². The quantitative estimate of drug-likeness (QED) is 0.390. The second kappa shape index (κ2) is 9.63. The number of hydrogen-bond acceptors (Lipinski definition) is 5. The number of carbonyl (C=O) groups excluding carboxylic acids is 2. The first-order valence-corrected chi connectivity index (χ1v) is 8.42. The van der Waals surface area contributed by atoms with Crippen molar-refractivity contribution < 1.29 is 23.8 Å². The second-order valence-corrected chi connectivity index (χ2v) is 5.93. The Morgan fingerprint density at radius 2 is 2.26 bits per heavy atom. The molecule has 0 radical (unpaired) electrons. The Labute approximate surface area is 137 Å². The summed E-state index contributed by atoms with van der Waals surface area (Å²) < 4.78 is 16.0. The van der Waals surface area contributed by atoms with Crippen molar-refractivity contribution in [2.45, 2.75) is 63.8 Å². The van der Waals surface area contributed by atoms with Gasteiger partial charge < -0.3 is 14.2 Å². The molecule has 1 saturated heterocycles. The number of methoxy groups -OCH3 is 1. The molecule has 0 N–H and O–H groups in total. The predicted molar refractivity (Wildman–Crippen MR) is 85.8 cm³/mol. The third kappa shape index (κ3) is 6.28. The molecular weight excluding hydrogens is 296 g/mol. The number of ether oxygens (including phenoxy) is 3. The molecular formula is C18H26O5. The number of esters is 1. The van der Waals surface area contributed by atoms with E-state index in [1.165, 1.54) is 7.11 Å². The molecule has 2 atom stereocenters. The summed E-state index contributed by atoms with van der Waals surface area (Å²) in [4.78, 5) is 23.0. The fourth-order valence-electron chi connectivity index (χ4n) is 2.77. The maximum atomic E-state index is 12.0. The van der Waals surface area contributed by atoms with Crippen LogP contribution in [0.4, 0.5) is 0 Å². The second-order valence-electron chi connectivity index (χ2n) is 5.93. The zero-order valence-electron chi connectivity index (χ0n) is 13.8. The molecule has 1 aliphatic carbocycles. The average molecular weight is 322 g/mol. The monoisotopic (exact) mass is 322 g/mol. The van der Waals surface area contributed by atoms with Crippen molar-refractivity contribution in [1.29, 1.82) is 0 Å². The molecule has 0 aromatic rings. The van der Waals surface area contributed by atoms with E-state index in [2.05, 4.69) is 4.74 Å². The van der Waals surface area contributed by atoms with Crippen molar-refractivity contribution in [3.8, 4) is 0 Å². The van der Waals surface area contributed by atoms with Crippen molar-refractivity contribution in [3.63, 3.8) is 0 Å². The minimum Gasteiger partial charge on any atom is -0.469 e. The standard InChI is InChI=1S/C18H26O5/c1-21-17(20)9-5-3-2-4-8-14-12-15(13-16(14)19)23-18-10-6-7-11-22-18/h2,4,12,15,18H,3,5-11,13H2,1H3/b4-2+. The van der Waals surface area contributed by atoms with Crippen LogP contribution in [0, 0.1) is 0 Å². The van der Waals surface area contributed by atoms with Crippen LogP contribution in [-0.4, -0.2) is 37.9 Å². The van der Waals surface area contributed by atoms with Gasteiger partial charge in [0.05, 0.1) is 13.2 Å². The highest BCUT2D eigenvalue weighted by atomic mass is 16.7. The molecule has 0 saturated carbocycles. The highest BCUT2D eigenvalue weighted by molar-refractivity contribution is 5.98. The van der Waals surface area contributed by atoms with E-state index in [9.17, 15) is 9.59 Å². The molecule has 1 aliphatic heterocycles. The lowest BCUT2D eigenvalue weighted by molar-refractivity contribution is -0.178. The summed E-state index contributed by atoms with van der Waals surface area (Å²) >= 11 is 0. The first-order valence-electron chi connectivity index (χ1n) is 8.42. The van der Waals surface area contributed by atoms with Gasteiger partial charge in [-0.3, -0.25) is 9.59 Å². The maximum absolute atomic E-state index is 12.0. The van der Waals surface area contributed by atoms with Crippen LogP contribution in [0.1, 0.15) is 51.4 Å². The van der Waals surface area contributed by atoms with Gasteiger partial charge in [-0.2, -0.15) is 0 Å². The van der Waals surface area contributed by atoms with Gasteiger partial charge in [-0.25, -0.2) is 0 Å². The van der Waals surface area contributed by atoms with Gasteiger partial charge in [-0.15, -0.1) is 0 Å². The van der Waals surface area contributed by atoms with Crippen molar-refractivity contribution in [2.75, 3.05) is 13.7 Å². The number of unbranched alkanes of at least 4 members (excludes halogenated alkanes) is 1. The average Bonchev–Trinajstić information content (AvgIpc) is 2.91. The smallest absolute Gasteiger partial charge is 0.305 e. The van der Waals surface area contributed by atoms with Crippen molar-refractivity contribution in [2.24, 2.45) is 0 Å². The van der Waals surface area contributed by atoms with Crippen LogP contribution >= 0.6 is 0 Å². The molecule has 128 valence electrons. The topological polar surface area (TPSA) is 61.8 Å². The van der Waals surface area contributed by atoms with Gasteiger partial charge in [0.15, 0.2) is 12.1 Å². The zero-order chi connectivity index (χ0) is 16.5. The molecule has 0 amide bonds. The molecule has 2 aliphatic rings. The molecule has 2 rings (SSSR count). The van der Waals surface area contributed by atoms with Crippen molar-refractivity contribution in [3.05, 3.63) is 23.8 Å². The van der Waals surface area contributed by atoms with Gasteiger partial charge in [0, 0.05) is 19.4 Å². The summed E-state index contributed by atoms with van der Waals surface area (Å²) in [6, 6.07) is 0. The van der Waals surface area contributed by atoms with Crippen molar-refractivity contribution in [1.82, 2.24) is 0 Å². The number of allylic oxidation sites excluding steroid dienone is 3. The third-order valence-corrected chi connectivity index (χ3v) is 4.08. The minimum atomic E-state index is -0.183. The van der Waals surface area contributed by atoms with E-state index in [0.717, 1.165) is 44.3 Å². The van der Waals surface area contributed by atoms with E-state index in [1.54, 1.807) is 0 Å². The predicted octanol–water partition coefficient (Wildman–Crippen LogP) is 3.09. The van der Waals surface area contributed by atoms with Gasteiger partial charge in [-0.1, -0.05) is 12.2 Å². The SMILES string of the molecule is COC(=O)CCC/C=C/CC1=CC(OC2CCCCO2)CC1=O. The van der Waals surface area contributed by atoms with Gasteiger partial charge >= 0.3 is 5.97 Å². The Hall–Kier alpha value is -1.46. The largest absolute Gasteiger partial charge is 0.469 e. The van der Waals surface area contributed by atoms with Crippen LogP contribution < -0.4 is 0 Å². The fourth-order valence-corrected chi connectivity index (χ4v) is 2.77. The number of hydrogen-bond donors (Lipinski definition) is 0. The zero-order valence-corrected chi connectivity index (χ0v) is 13.8. The molecule has 1 fully saturated rings. The fraction of sp³-hybridized carbons (Fsp3) is 0.667. The first-order chi connectivity index (χ1) is 11.2. The van der Waals surface area contributed by atoms with Crippen LogP contribution in [0.15, 0.2) is 23.8 Å². The van der Waals surface area contributed by atoms with Crippen LogP contribution in [0.2, 0.25) is 0 Å². The molecule has 0 aromatic carbocycles. The summed E-state index contributed by atoms with van der Waals surface area (Å²) in [7, 11) is 1.40. The lowest BCUT2D eigenvalue weighted by Gasteiger charge is -2.24. The van der Waals surface area contributed by atoms with Crippen LogP contribution in [0.3, 0.4) is 0 Å². The Bertz CT molecular complexity index is 460. The minimum absolute atomic E-state index is 0.145. The van der Waals surface area contributed by atoms with Gasteiger partial charge in [0.2, 0.25) is 0 Å². The molecule has 0 spiro atoms. The van der Waals surface area contributed by atoms with E-state index < -0.39 is 0 Å². The molecule has 2 unspecified atom stereocenters. The lowest BCUT2D eigenvalue weighted by atomic mass is 10.1. The maximum Gasteiger partial charge on any atom is 0.305 e. The number of carbonyl (C=O) groups is 2. The molecule has 5 heteroatoms. The Balaban J connectivity index is 1.68. The molecule has 0 aromatic heterocycles. The van der Waals surface area contributed by atoms with Crippen LogP contribution in [0.25, 0.3) is 0 Å². The lowest BCUT2D eigenvalue weighted by Crippen LogP contribution is -2.26. The van der Waals surface area contributed by atoms with E-state index in [-0.39, 0.29) is 24.1 Å². The van der Waals surface area contributed by atoms with Crippen LogP contribution in [0.5, 0.6) is 0 Å². The summed E-state index contributed by atoms with van der Waals surface area (Å²) in [6.45, 7) is 0.746. The third-order valence-electron chi connectivity index (χ3n) is 4.08. The van der Waals surface area contributed by atoms with Gasteiger partial charge in [0.1, 0.15) is 0 Å². The Morgan fingerprint density at radius 1 is 1.39 bits per heavy atom. The van der Waals surface area contributed by atoms with E-state index >= 15 is 0 Å². The number of Topliss-reactive ketones (excluding diaryl/α,β-unsaturated/α-hetero) is 1. The Morgan fingerprint density at radius 3 is 3.00 bits per heavy atom. The van der Waals surface area contributed by atoms with Crippen molar-refractivity contribution >= 4 is 11.8 Å². The first kappa shape index (κ1) is 17.9. The molecule has 5 nitrogen and oxygen atoms in total. The molecule has 23 heavy (non-hydrogen) atoms. The summed E-state index contributed by atoms with van der Waals surface area (Å²) in [5.74, 6) is -0.0259. The summed E-state index contributed by atoms with van der Waals surface area (Å²) in [5, 5.41) is 0. The summed E-state index contributed by atoms with van der Waals surface area (Å²) in [6.07, 6.45) is 11.8. The van der Waals surface area contributed by atoms with E-state index in [4.69, 9.17) is 9.47 Å². The number of rotatable bonds is 8. The van der Waals surface area contributed by atoms with Gasteiger partial charge in [-0.05, 0) is 50.2 Å². The van der Waals surface area contributed by atoms with E-state index in [1.807, 2.05) is 18.2 Å². The number of ketones is 1. The van der Waals surface area contributed by atoms with E-state index in [0.29, 0.717) is 19.3 Å². The summed E-state index contributed by atoms with van der Waals surface area (Å²) in [5.41, 5.74) is 0.815. The Kier molecular flexibility index (Phi) is 7.49. The molecule has 0 bridgehead atoms. The molecule has 1 heterocycles. The normalized spacial score (nSPS) is 24.9. The highest BCUT2D eigenvalue weighted by Gasteiger charge is 2.27. The van der Waals surface area contributed by atoms with Crippen LogP contribution in [-0.2, 0) is 23.8 Å². The highest BCUT2D eigenvalue weighted by Crippen LogP contribution is 2.24.